The zero-order valence-electron chi connectivity index (χ0n) is 19.2. The predicted molar refractivity (Wildman–Crippen MR) is 126 cm³/mol. The van der Waals surface area contributed by atoms with Crippen LogP contribution < -0.4 is 0 Å². The van der Waals surface area contributed by atoms with Crippen molar-refractivity contribution in [1.82, 2.24) is 0 Å². The zero-order valence-corrected chi connectivity index (χ0v) is 20.2. The topological polar surface area (TPSA) is 44.8 Å². The molecule has 2 aromatic carbocycles. The van der Waals surface area contributed by atoms with Gasteiger partial charge in [-0.15, -0.1) is 0 Å². The number of hydrogen-bond acceptors (Lipinski definition) is 4. The molecule has 0 bridgehead atoms. The molecule has 1 aliphatic rings. The number of carbonyl (C=O) groups excluding carboxylic acids is 1. The quantitative estimate of drug-likeness (QED) is 0.497. The van der Waals surface area contributed by atoms with Gasteiger partial charge in [-0.2, -0.15) is 0 Å². The van der Waals surface area contributed by atoms with Crippen molar-refractivity contribution in [3.05, 3.63) is 83.9 Å². The Morgan fingerprint density at radius 3 is 1.87 bits per heavy atom. The predicted octanol–water partition coefficient (Wildman–Crippen LogP) is 5.69. The summed E-state index contributed by atoms with van der Waals surface area (Å²) < 4.78 is 19.1. The van der Waals surface area contributed by atoms with Crippen molar-refractivity contribution in [3.8, 4) is 0 Å². The van der Waals surface area contributed by atoms with E-state index in [1.807, 2.05) is 66.7 Å². The van der Waals surface area contributed by atoms with Crippen molar-refractivity contribution in [2.24, 2.45) is 0 Å². The second kappa shape index (κ2) is 10.0. The lowest BCUT2D eigenvalue weighted by molar-refractivity contribution is -0.145. The van der Waals surface area contributed by atoms with Gasteiger partial charge in [0.15, 0.2) is 14.1 Å². The molecule has 1 aliphatic carbocycles. The summed E-state index contributed by atoms with van der Waals surface area (Å²) in [6.45, 7) is 11.7. The molecule has 3 atom stereocenters. The Morgan fingerprint density at radius 2 is 1.35 bits per heavy atom. The number of rotatable bonds is 8. The second-order valence-electron chi connectivity index (χ2n) is 9.58. The minimum absolute atomic E-state index is 0.0151. The minimum atomic E-state index is -2.19. The van der Waals surface area contributed by atoms with Gasteiger partial charge in [0.25, 0.3) is 0 Å². The molecule has 0 aliphatic heterocycles. The fraction of sp³-hybridized carbons (Fsp3) is 0.423. The summed E-state index contributed by atoms with van der Waals surface area (Å²) in [6, 6.07) is 20.0. The van der Waals surface area contributed by atoms with Crippen LogP contribution in [0.5, 0.6) is 0 Å². The fourth-order valence-electron chi connectivity index (χ4n) is 3.21. The molecular weight excluding hydrogens is 404 g/mol. The third-order valence-electron chi connectivity index (χ3n) is 6.15. The number of benzene rings is 2. The van der Waals surface area contributed by atoms with Gasteiger partial charge in [-0.25, -0.2) is 0 Å². The van der Waals surface area contributed by atoms with Crippen molar-refractivity contribution in [2.45, 2.75) is 70.4 Å². The first-order valence-electron chi connectivity index (χ1n) is 10.9. The van der Waals surface area contributed by atoms with Crippen LogP contribution in [0.4, 0.5) is 0 Å². The molecular formula is C26H34O4Si. The van der Waals surface area contributed by atoms with Gasteiger partial charge in [-0.1, -0.05) is 81.4 Å². The highest BCUT2D eigenvalue weighted by Gasteiger charge is 2.46. The lowest BCUT2D eigenvalue weighted by Gasteiger charge is -2.42. The molecule has 0 fully saturated rings. The molecule has 3 rings (SSSR count). The molecule has 0 heterocycles. The molecule has 166 valence electrons. The Balaban J connectivity index is 1.81. The maximum Gasteiger partial charge on any atom is 0.193 e. The summed E-state index contributed by atoms with van der Waals surface area (Å²) in [5.41, 5.74) is 2.13. The van der Waals surface area contributed by atoms with E-state index in [1.165, 1.54) is 0 Å². The lowest BCUT2D eigenvalue weighted by atomic mass is 9.97. The normalized spacial score (nSPS) is 22.0. The molecule has 0 radical (unpaired) electrons. The van der Waals surface area contributed by atoms with Crippen LogP contribution in [0.1, 0.15) is 31.9 Å². The second-order valence-corrected chi connectivity index (χ2v) is 14.3. The van der Waals surface area contributed by atoms with E-state index in [9.17, 15) is 4.79 Å². The summed E-state index contributed by atoms with van der Waals surface area (Å²) in [4.78, 5) is 12.9. The number of ketones is 1. The van der Waals surface area contributed by atoms with E-state index in [-0.39, 0.29) is 16.9 Å². The zero-order chi connectivity index (χ0) is 22.5. The van der Waals surface area contributed by atoms with Gasteiger partial charge in [-0.3, -0.25) is 4.79 Å². The first kappa shape index (κ1) is 23.6. The highest BCUT2D eigenvalue weighted by molar-refractivity contribution is 6.74. The Labute approximate surface area is 187 Å². The van der Waals surface area contributed by atoms with Gasteiger partial charge in [0, 0.05) is 0 Å². The van der Waals surface area contributed by atoms with Crippen LogP contribution in [0, 0.1) is 0 Å². The summed E-state index contributed by atoms with van der Waals surface area (Å²) in [7, 11) is -2.19. The molecule has 31 heavy (non-hydrogen) atoms. The van der Waals surface area contributed by atoms with Crippen molar-refractivity contribution >= 4 is 14.1 Å². The third kappa shape index (κ3) is 6.23. The van der Waals surface area contributed by atoms with Crippen LogP contribution >= 0.6 is 0 Å². The fourth-order valence-corrected chi connectivity index (χ4v) is 4.45. The smallest absolute Gasteiger partial charge is 0.193 e. The first-order valence-corrected chi connectivity index (χ1v) is 13.8. The van der Waals surface area contributed by atoms with Crippen LogP contribution in [-0.2, 0) is 31.9 Å². The van der Waals surface area contributed by atoms with E-state index in [0.29, 0.717) is 13.2 Å². The van der Waals surface area contributed by atoms with Gasteiger partial charge >= 0.3 is 0 Å². The Kier molecular flexibility index (Phi) is 7.65. The first-order chi connectivity index (χ1) is 14.7. The van der Waals surface area contributed by atoms with E-state index in [2.05, 4.69) is 33.9 Å². The SMILES string of the molecule is CC(C)(C)[Si](C)(C)O[C@H]1C(=O)C=C[C@@H](OCc2ccccc2)[C@@H]1OCc1ccccc1. The third-order valence-corrected chi connectivity index (χ3v) is 10.6. The monoisotopic (exact) mass is 438 g/mol. The van der Waals surface area contributed by atoms with Crippen LogP contribution in [0.25, 0.3) is 0 Å². The highest BCUT2D eigenvalue weighted by Crippen LogP contribution is 2.39. The van der Waals surface area contributed by atoms with E-state index < -0.39 is 20.5 Å². The van der Waals surface area contributed by atoms with Gasteiger partial charge < -0.3 is 13.9 Å². The molecule has 5 heteroatoms. The number of hydrogen-bond donors (Lipinski definition) is 0. The summed E-state index contributed by atoms with van der Waals surface area (Å²) in [6.07, 6.45) is 1.87. The van der Waals surface area contributed by atoms with Crippen molar-refractivity contribution in [2.75, 3.05) is 0 Å². The lowest BCUT2D eigenvalue weighted by Crippen LogP contribution is -2.55. The molecule has 4 nitrogen and oxygen atoms in total. The number of carbonyl (C=O) groups is 1. The standard InChI is InChI=1S/C26H34O4Si/c1-26(2,3)31(4,5)30-24-22(27)16-17-23(28-18-20-12-8-6-9-13-20)25(24)29-19-21-14-10-7-11-15-21/h6-17,23-25H,18-19H2,1-5H3/t23-,24+,25+/m1/s1. The average Bonchev–Trinajstić information content (AvgIpc) is 2.74. The van der Waals surface area contributed by atoms with Gasteiger partial charge in [0.1, 0.15) is 18.3 Å². The average molecular weight is 439 g/mol. The maximum atomic E-state index is 12.9. The van der Waals surface area contributed by atoms with Crippen LogP contribution in [-0.4, -0.2) is 32.4 Å². The molecule has 0 unspecified atom stereocenters. The highest BCUT2D eigenvalue weighted by atomic mass is 28.4. The van der Waals surface area contributed by atoms with Gasteiger partial charge in [0.05, 0.1) is 13.2 Å². The Bertz CT molecular complexity index is 871. The van der Waals surface area contributed by atoms with E-state index in [1.54, 1.807) is 6.08 Å². The molecule has 0 spiro atoms. The minimum Gasteiger partial charge on any atom is -0.404 e. The molecule has 0 amide bonds. The van der Waals surface area contributed by atoms with Crippen LogP contribution in [0.3, 0.4) is 0 Å². The maximum absolute atomic E-state index is 12.9. The van der Waals surface area contributed by atoms with Crippen molar-refractivity contribution in [3.63, 3.8) is 0 Å². The van der Waals surface area contributed by atoms with E-state index >= 15 is 0 Å². The Morgan fingerprint density at radius 1 is 0.839 bits per heavy atom. The van der Waals surface area contributed by atoms with E-state index in [4.69, 9.17) is 13.9 Å². The molecule has 0 saturated heterocycles. The summed E-state index contributed by atoms with van der Waals surface area (Å²) >= 11 is 0. The molecule has 2 aromatic rings. The van der Waals surface area contributed by atoms with Gasteiger partial charge in [0.2, 0.25) is 0 Å². The molecule has 0 N–H and O–H groups in total. The van der Waals surface area contributed by atoms with Crippen molar-refractivity contribution in [1.29, 1.82) is 0 Å². The molecule has 0 saturated carbocycles. The van der Waals surface area contributed by atoms with Crippen LogP contribution in [0.15, 0.2) is 72.8 Å². The van der Waals surface area contributed by atoms with Crippen LogP contribution in [0.2, 0.25) is 18.1 Å². The van der Waals surface area contributed by atoms with Gasteiger partial charge in [-0.05, 0) is 41.4 Å². The van der Waals surface area contributed by atoms with Crippen molar-refractivity contribution < 1.29 is 18.7 Å². The Hall–Kier alpha value is -2.05. The summed E-state index contributed by atoms with van der Waals surface area (Å²) in [5.74, 6) is -0.0533. The van der Waals surface area contributed by atoms with E-state index in [0.717, 1.165) is 11.1 Å². The molecule has 0 aromatic heterocycles. The number of ether oxygens (including phenoxy) is 2. The largest absolute Gasteiger partial charge is 0.404 e. The summed E-state index contributed by atoms with van der Waals surface area (Å²) in [5, 5.41) is -0.0151.